The molecule has 0 aliphatic carbocycles. The van der Waals surface area contributed by atoms with Crippen LogP contribution < -0.4 is 10.6 Å². The number of anilines is 2. The minimum atomic E-state index is 0.931. The van der Waals surface area contributed by atoms with Gasteiger partial charge in [-0.15, -0.1) is 0 Å². The molecule has 0 saturated carbocycles. The Morgan fingerprint density at radius 3 is 2.57 bits per heavy atom. The molecule has 1 heterocycles. The Morgan fingerprint density at radius 1 is 1.10 bits per heavy atom. The van der Waals surface area contributed by atoms with E-state index in [2.05, 4.69) is 60.3 Å². The molecule has 0 bridgehead atoms. The Balaban J connectivity index is 1.71. The lowest BCUT2D eigenvalue weighted by Gasteiger charge is -2.29. The van der Waals surface area contributed by atoms with Crippen molar-refractivity contribution in [2.45, 2.75) is 19.5 Å². The Labute approximate surface area is 127 Å². The van der Waals surface area contributed by atoms with Crippen LogP contribution in [0.1, 0.15) is 16.7 Å². The topological polar surface area (TPSA) is 32.5 Å². The summed E-state index contributed by atoms with van der Waals surface area (Å²) in [6.45, 7) is 3.05. The molecular weight excluding hydrogens is 258 g/mol. The first kappa shape index (κ1) is 14.0. The third-order valence-corrected chi connectivity index (χ3v) is 4.25. The molecule has 0 saturated heterocycles. The van der Waals surface area contributed by atoms with Crippen molar-refractivity contribution in [3.63, 3.8) is 0 Å². The minimum absolute atomic E-state index is 0.931. The fourth-order valence-corrected chi connectivity index (χ4v) is 2.96. The van der Waals surface area contributed by atoms with Crippen LogP contribution in [0, 0.1) is 0 Å². The van der Waals surface area contributed by atoms with Crippen molar-refractivity contribution in [3.8, 4) is 0 Å². The molecule has 0 unspecified atom stereocenters. The van der Waals surface area contributed by atoms with E-state index in [9.17, 15) is 0 Å². The molecule has 1 aliphatic rings. The van der Waals surface area contributed by atoms with Gasteiger partial charge in [0.25, 0.3) is 0 Å². The van der Waals surface area contributed by atoms with Crippen LogP contribution in [0.5, 0.6) is 0 Å². The van der Waals surface area contributed by atoms with Crippen molar-refractivity contribution < 1.29 is 0 Å². The van der Waals surface area contributed by atoms with E-state index in [4.69, 9.17) is 5.73 Å². The predicted molar refractivity (Wildman–Crippen MR) is 89.4 cm³/mol. The van der Waals surface area contributed by atoms with Crippen molar-refractivity contribution in [2.75, 3.05) is 31.3 Å². The second-order valence-corrected chi connectivity index (χ2v) is 6.01. The largest absolute Gasteiger partial charge is 0.398 e. The standard InChI is InChI=1S/C18H23N3/c1-20(2)16-8-6-14(7-9-16)12-21-11-10-15-4-3-5-18(19)17(15)13-21/h3-9H,10-13,19H2,1-2H3. The summed E-state index contributed by atoms with van der Waals surface area (Å²) in [7, 11) is 4.14. The zero-order valence-corrected chi connectivity index (χ0v) is 12.8. The van der Waals surface area contributed by atoms with Gasteiger partial charge in [0.2, 0.25) is 0 Å². The van der Waals surface area contributed by atoms with E-state index >= 15 is 0 Å². The van der Waals surface area contributed by atoms with Crippen LogP contribution in [0.15, 0.2) is 42.5 Å². The molecule has 0 amide bonds. The van der Waals surface area contributed by atoms with Crippen molar-refractivity contribution >= 4 is 11.4 Å². The van der Waals surface area contributed by atoms with Gasteiger partial charge >= 0.3 is 0 Å². The number of nitrogens with two attached hydrogens (primary N) is 1. The van der Waals surface area contributed by atoms with Gasteiger partial charge in [-0.2, -0.15) is 0 Å². The number of fused-ring (bicyclic) bond motifs is 1. The predicted octanol–water partition coefficient (Wildman–Crippen LogP) is 2.89. The van der Waals surface area contributed by atoms with Crippen LogP contribution in [0.4, 0.5) is 11.4 Å². The smallest absolute Gasteiger partial charge is 0.0362 e. The summed E-state index contributed by atoms with van der Waals surface area (Å²) in [4.78, 5) is 4.60. The molecule has 0 aromatic heterocycles. The van der Waals surface area contributed by atoms with Crippen molar-refractivity contribution in [1.82, 2.24) is 4.90 Å². The SMILES string of the molecule is CN(C)c1ccc(CN2CCc3cccc(N)c3C2)cc1. The highest BCUT2D eigenvalue weighted by atomic mass is 15.1. The Kier molecular flexibility index (Phi) is 3.84. The highest BCUT2D eigenvalue weighted by Gasteiger charge is 2.17. The van der Waals surface area contributed by atoms with Crippen LogP contribution in [0.3, 0.4) is 0 Å². The van der Waals surface area contributed by atoms with Crippen molar-refractivity contribution in [1.29, 1.82) is 0 Å². The molecular formula is C18H23N3. The zero-order chi connectivity index (χ0) is 14.8. The molecule has 2 aromatic carbocycles. The summed E-state index contributed by atoms with van der Waals surface area (Å²) >= 11 is 0. The molecule has 0 fully saturated rings. The maximum absolute atomic E-state index is 6.12. The fraction of sp³-hybridized carbons (Fsp3) is 0.333. The van der Waals surface area contributed by atoms with Crippen molar-refractivity contribution in [2.24, 2.45) is 0 Å². The monoisotopic (exact) mass is 281 g/mol. The first-order valence-corrected chi connectivity index (χ1v) is 7.48. The van der Waals surface area contributed by atoms with Gasteiger partial charge in [-0.3, -0.25) is 4.90 Å². The van der Waals surface area contributed by atoms with E-state index in [1.54, 1.807) is 0 Å². The number of hydrogen-bond acceptors (Lipinski definition) is 3. The van der Waals surface area contributed by atoms with E-state index < -0.39 is 0 Å². The maximum Gasteiger partial charge on any atom is 0.0362 e. The molecule has 1 aliphatic heterocycles. The number of nitrogen functional groups attached to an aromatic ring is 1. The fourth-order valence-electron chi connectivity index (χ4n) is 2.96. The molecule has 3 rings (SSSR count). The number of benzene rings is 2. The first-order chi connectivity index (χ1) is 10.1. The normalized spacial score (nSPS) is 14.8. The number of hydrogen-bond donors (Lipinski definition) is 1. The highest BCUT2D eigenvalue weighted by Crippen LogP contribution is 2.25. The second-order valence-electron chi connectivity index (χ2n) is 6.01. The molecule has 3 heteroatoms. The highest BCUT2D eigenvalue weighted by molar-refractivity contribution is 5.52. The lowest BCUT2D eigenvalue weighted by atomic mass is 9.98. The average Bonchev–Trinajstić information content (AvgIpc) is 2.49. The van der Waals surface area contributed by atoms with E-state index in [1.807, 2.05) is 6.07 Å². The van der Waals surface area contributed by atoms with Gasteiger partial charge in [0, 0.05) is 45.1 Å². The van der Waals surface area contributed by atoms with Crippen molar-refractivity contribution in [3.05, 3.63) is 59.2 Å². The van der Waals surface area contributed by atoms with Gasteiger partial charge in [0.1, 0.15) is 0 Å². The quantitative estimate of drug-likeness (QED) is 0.878. The molecule has 2 aromatic rings. The molecule has 110 valence electrons. The average molecular weight is 281 g/mol. The minimum Gasteiger partial charge on any atom is -0.398 e. The molecule has 21 heavy (non-hydrogen) atoms. The maximum atomic E-state index is 6.12. The molecule has 3 nitrogen and oxygen atoms in total. The van der Waals surface area contributed by atoms with Gasteiger partial charge in [-0.25, -0.2) is 0 Å². The van der Waals surface area contributed by atoms with Gasteiger partial charge < -0.3 is 10.6 Å². The summed E-state index contributed by atoms with van der Waals surface area (Å²) in [5, 5.41) is 0. The Bertz CT molecular complexity index is 617. The zero-order valence-electron chi connectivity index (χ0n) is 12.8. The number of rotatable bonds is 3. The van der Waals surface area contributed by atoms with E-state index in [1.165, 1.54) is 22.4 Å². The third-order valence-electron chi connectivity index (χ3n) is 4.25. The molecule has 0 radical (unpaired) electrons. The van der Waals surface area contributed by atoms with Crippen LogP contribution in [-0.2, 0) is 19.5 Å². The summed E-state index contributed by atoms with van der Waals surface area (Å²) in [6.07, 6.45) is 1.09. The summed E-state index contributed by atoms with van der Waals surface area (Å²) in [5.41, 5.74) is 12.4. The van der Waals surface area contributed by atoms with Crippen LogP contribution >= 0.6 is 0 Å². The van der Waals surface area contributed by atoms with Gasteiger partial charge in [0.15, 0.2) is 0 Å². The molecule has 0 atom stereocenters. The van der Waals surface area contributed by atoms with Gasteiger partial charge in [-0.1, -0.05) is 24.3 Å². The first-order valence-electron chi connectivity index (χ1n) is 7.48. The van der Waals surface area contributed by atoms with E-state index in [0.29, 0.717) is 0 Å². The molecule has 2 N–H and O–H groups in total. The van der Waals surface area contributed by atoms with Gasteiger partial charge in [0.05, 0.1) is 0 Å². The second kappa shape index (κ2) is 5.78. The van der Waals surface area contributed by atoms with Crippen LogP contribution in [0.25, 0.3) is 0 Å². The number of nitrogens with zero attached hydrogens (tertiary/aromatic N) is 2. The van der Waals surface area contributed by atoms with Gasteiger partial charge in [-0.05, 0) is 41.3 Å². The lowest BCUT2D eigenvalue weighted by molar-refractivity contribution is 0.246. The summed E-state index contributed by atoms with van der Waals surface area (Å²) < 4.78 is 0. The lowest BCUT2D eigenvalue weighted by Crippen LogP contribution is -2.30. The molecule has 0 spiro atoms. The van der Waals surface area contributed by atoms with Crippen LogP contribution in [0.2, 0.25) is 0 Å². The van der Waals surface area contributed by atoms with Crippen LogP contribution in [-0.4, -0.2) is 25.5 Å². The van der Waals surface area contributed by atoms with E-state index in [0.717, 1.165) is 31.7 Å². The Hall–Kier alpha value is -2.00. The summed E-state index contributed by atoms with van der Waals surface area (Å²) in [5.74, 6) is 0. The third kappa shape index (κ3) is 3.03. The Morgan fingerprint density at radius 2 is 1.86 bits per heavy atom. The summed E-state index contributed by atoms with van der Waals surface area (Å²) in [6, 6.07) is 15.1. The van der Waals surface area contributed by atoms with E-state index in [-0.39, 0.29) is 0 Å².